The highest BCUT2D eigenvalue weighted by Gasteiger charge is 2.29. The summed E-state index contributed by atoms with van der Waals surface area (Å²) < 4.78 is 40.4. The van der Waals surface area contributed by atoms with Crippen LogP contribution in [0.15, 0.2) is 59.6 Å². The number of aromatic nitrogens is 2. The van der Waals surface area contributed by atoms with Gasteiger partial charge < -0.3 is 0 Å². The van der Waals surface area contributed by atoms with Gasteiger partial charge in [-0.3, -0.25) is 4.79 Å². The number of fused-ring (bicyclic) bond motifs is 1. The SMILES string of the molecule is CC(=O)c1ccc(S(=O)(=O)N2CCc3nc(-c4ccc(F)cc4)ncc3C2)cc1. The summed E-state index contributed by atoms with van der Waals surface area (Å²) in [6, 6.07) is 11.9. The predicted octanol–water partition coefficient (Wildman–Crippen LogP) is 3.23. The van der Waals surface area contributed by atoms with Crippen molar-refractivity contribution >= 4 is 15.8 Å². The van der Waals surface area contributed by atoms with Crippen molar-refractivity contribution in [2.24, 2.45) is 0 Å². The van der Waals surface area contributed by atoms with Gasteiger partial charge >= 0.3 is 0 Å². The number of Topliss-reactive ketones (excluding diaryl/α,β-unsaturated/α-hetero) is 1. The molecule has 0 aliphatic carbocycles. The molecule has 0 spiro atoms. The van der Waals surface area contributed by atoms with E-state index < -0.39 is 10.0 Å². The minimum Gasteiger partial charge on any atom is -0.295 e. The van der Waals surface area contributed by atoms with Gasteiger partial charge in [0, 0.05) is 42.4 Å². The summed E-state index contributed by atoms with van der Waals surface area (Å²) in [5.41, 5.74) is 2.70. The summed E-state index contributed by atoms with van der Waals surface area (Å²) >= 11 is 0. The van der Waals surface area contributed by atoms with E-state index >= 15 is 0 Å². The Balaban J connectivity index is 1.58. The van der Waals surface area contributed by atoms with E-state index in [9.17, 15) is 17.6 Å². The van der Waals surface area contributed by atoms with Crippen LogP contribution in [0.5, 0.6) is 0 Å². The quantitative estimate of drug-likeness (QED) is 0.616. The minimum absolute atomic E-state index is 0.116. The molecule has 0 saturated carbocycles. The Morgan fingerprint density at radius 1 is 1.07 bits per heavy atom. The van der Waals surface area contributed by atoms with Crippen molar-refractivity contribution in [3.05, 3.63) is 77.4 Å². The summed E-state index contributed by atoms with van der Waals surface area (Å²) in [4.78, 5) is 20.4. The van der Waals surface area contributed by atoms with Gasteiger partial charge in [0.1, 0.15) is 5.82 Å². The third kappa shape index (κ3) is 3.81. The Morgan fingerprint density at radius 2 is 1.76 bits per heavy atom. The Bertz CT molecular complexity index is 1180. The number of rotatable bonds is 4. The first kappa shape index (κ1) is 19.4. The summed E-state index contributed by atoms with van der Waals surface area (Å²) in [7, 11) is -3.69. The molecule has 0 atom stereocenters. The van der Waals surface area contributed by atoms with Gasteiger partial charge in [-0.25, -0.2) is 22.8 Å². The van der Waals surface area contributed by atoms with Crippen LogP contribution in [0.4, 0.5) is 4.39 Å². The van der Waals surface area contributed by atoms with Crippen LogP contribution in [-0.4, -0.2) is 35.0 Å². The normalized spacial score (nSPS) is 14.4. The first-order chi connectivity index (χ1) is 13.8. The van der Waals surface area contributed by atoms with E-state index in [1.807, 2.05) is 0 Å². The van der Waals surface area contributed by atoms with E-state index in [1.165, 1.54) is 47.6 Å². The number of ketones is 1. The molecular weight excluding hydrogens is 393 g/mol. The molecule has 0 unspecified atom stereocenters. The van der Waals surface area contributed by atoms with Crippen LogP contribution in [0, 0.1) is 5.82 Å². The molecule has 0 bridgehead atoms. The van der Waals surface area contributed by atoms with Crippen LogP contribution in [0.1, 0.15) is 28.5 Å². The Morgan fingerprint density at radius 3 is 2.41 bits per heavy atom. The molecule has 148 valence electrons. The molecule has 0 N–H and O–H groups in total. The maximum absolute atomic E-state index is 13.1. The van der Waals surface area contributed by atoms with E-state index in [1.54, 1.807) is 18.3 Å². The second-order valence-electron chi connectivity index (χ2n) is 6.84. The number of halogens is 1. The maximum atomic E-state index is 13.1. The van der Waals surface area contributed by atoms with Crippen molar-refractivity contribution in [1.29, 1.82) is 0 Å². The molecule has 0 fully saturated rings. The molecule has 2 aromatic carbocycles. The van der Waals surface area contributed by atoms with Crippen molar-refractivity contribution in [2.45, 2.75) is 24.8 Å². The summed E-state index contributed by atoms with van der Waals surface area (Å²) in [5, 5.41) is 0. The number of carbonyl (C=O) groups is 1. The zero-order valence-corrected chi connectivity index (χ0v) is 16.5. The molecule has 2 heterocycles. The third-order valence-corrected chi connectivity index (χ3v) is 6.76. The number of hydrogen-bond acceptors (Lipinski definition) is 5. The molecule has 1 aliphatic rings. The summed E-state index contributed by atoms with van der Waals surface area (Å²) in [5.74, 6) is 0.0405. The molecule has 1 aromatic heterocycles. The van der Waals surface area contributed by atoms with Gasteiger partial charge in [-0.1, -0.05) is 12.1 Å². The molecule has 4 rings (SSSR count). The third-order valence-electron chi connectivity index (χ3n) is 4.90. The summed E-state index contributed by atoms with van der Waals surface area (Å²) in [6.07, 6.45) is 2.08. The number of carbonyl (C=O) groups excluding carboxylic acids is 1. The second-order valence-corrected chi connectivity index (χ2v) is 8.78. The summed E-state index contributed by atoms with van der Waals surface area (Å²) in [6.45, 7) is 1.91. The highest BCUT2D eigenvalue weighted by Crippen LogP contribution is 2.26. The monoisotopic (exact) mass is 411 g/mol. The zero-order valence-electron chi connectivity index (χ0n) is 15.7. The van der Waals surface area contributed by atoms with Crippen molar-refractivity contribution < 1.29 is 17.6 Å². The lowest BCUT2D eigenvalue weighted by Crippen LogP contribution is -2.36. The second kappa shape index (κ2) is 7.46. The molecule has 3 aromatic rings. The lowest BCUT2D eigenvalue weighted by molar-refractivity contribution is 0.101. The molecule has 6 nitrogen and oxygen atoms in total. The lowest BCUT2D eigenvalue weighted by Gasteiger charge is -2.27. The topological polar surface area (TPSA) is 80.2 Å². The van der Waals surface area contributed by atoms with Crippen molar-refractivity contribution in [3.63, 3.8) is 0 Å². The van der Waals surface area contributed by atoms with Gasteiger partial charge in [-0.15, -0.1) is 0 Å². The number of sulfonamides is 1. The number of benzene rings is 2. The van der Waals surface area contributed by atoms with Crippen LogP contribution in [0.2, 0.25) is 0 Å². The predicted molar refractivity (Wildman–Crippen MR) is 105 cm³/mol. The fraction of sp³-hybridized carbons (Fsp3) is 0.190. The molecule has 0 amide bonds. The smallest absolute Gasteiger partial charge is 0.243 e. The van der Waals surface area contributed by atoms with Gasteiger partial charge in [0.05, 0.1) is 10.6 Å². The first-order valence-corrected chi connectivity index (χ1v) is 10.5. The number of nitrogens with zero attached hydrogens (tertiary/aromatic N) is 3. The fourth-order valence-corrected chi connectivity index (χ4v) is 4.66. The lowest BCUT2D eigenvalue weighted by atomic mass is 10.1. The van der Waals surface area contributed by atoms with Crippen LogP contribution in [0.3, 0.4) is 0 Å². The molecule has 1 aliphatic heterocycles. The van der Waals surface area contributed by atoms with Crippen molar-refractivity contribution in [2.75, 3.05) is 6.54 Å². The van der Waals surface area contributed by atoms with Gasteiger partial charge in [-0.2, -0.15) is 4.31 Å². The highest BCUT2D eigenvalue weighted by atomic mass is 32.2. The highest BCUT2D eigenvalue weighted by molar-refractivity contribution is 7.89. The van der Waals surface area contributed by atoms with Crippen molar-refractivity contribution in [1.82, 2.24) is 14.3 Å². The molecule has 8 heteroatoms. The standard InChI is InChI=1S/C21H18FN3O3S/c1-14(26)15-4-8-19(9-5-15)29(27,28)25-11-10-20-17(13-25)12-23-21(24-20)16-2-6-18(22)7-3-16/h2-9,12H,10-11,13H2,1H3. The molecular formula is C21H18FN3O3S. The van der Waals surface area contributed by atoms with E-state index in [4.69, 9.17) is 0 Å². The molecule has 0 saturated heterocycles. The Hall–Kier alpha value is -2.97. The number of hydrogen-bond donors (Lipinski definition) is 0. The average Bonchev–Trinajstić information content (AvgIpc) is 2.73. The van der Waals surface area contributed by atoms with Crippen LogP contribution in [0.25, 0.3) is 11.4 Å². The van der Waals surface area contributed by atoms with Crippen LogP contribution < -0.4 is 0 Å². The van der Waals surface area contributed by atoms with Crippen molar-refractivity contribution in [3.8, 4) is 11.4 Å². The van der Waals surface area contributed by atoms with E-state index in [-0.39, 0.29) is 23.0 Å². The van der Waals surface area contributed by atoms with Gasteiger partial charge in [0.2, 0.25) is 10.0 Å². The largest absolute Gasteiger partial charge is 0.295 e. The minimum atomic E-state index is -3.69. The van der Waals surface area contributed by atoms with E-state index in [0.717, 1.165) is 11.3 Å². The fourth-order valence-electron chi connectivity index (χ4n) is 3.24. The average molecular weight is 411 g/mol. The van der Waals surface area contributed by atoms with E-state index in [2.05, 4.69) is 9.97 Å². The zero-order chi connectivity index (χ0) is 20.6. The molecule has 29 heavy (non-hydrogen) atoms. The van der Waals surface area contributed by atoms with Gasteiger partial charge in [-0.05, 0) is 43.3 Å². The van der Waals surface area contributed by atoms with Gasteiger partial charge in [0.15, 0.2) is 11.6 Å². The van der Waals surface area contributed by atoms with Crippen LogP contribution >= 0.6 is 0 Å². The molecule has 0 radical (unpaired) electrons. The first-order valence-electron chi connectivity index (χ1n) is 9.06. The maximum Gasteiger partial charge on any atom is 0.243 e. The van der Waals surface area contributed by atoms with Crippen LogP contribution in [-0.2, 0) is 23.0 Å². The Kier molecular flexibility index (Phi) is 4.97. The Labute approximate surface area is 168 Å². The van der Waals surface area contributed by atoms with E-state index in [0.29, 0.717) is 29.9 Å². The van der Waals surface area contributed by atoms with Gasteiger partial charge in [0.25, 0.3) is 0 Å².